The third-order valence-corrected chi connectivity index (χ3v) is 6.53. The second kappa shape index (κ2) is 6.30. The highest BCUT2D eigenvalue weighted by Crippen LogP contribution is 2.43. The summed E-state index contributed by atoms with van der Waals surface area (Å²) >= 11 is 7.60. The van der Waals surface area contributed by atoms with Crippen molar-refractivity contribution in [2.24, 2.45) is 17.3 Å². The van der Waals surface area contributed by atoms with Crippen molar-refractivity contribution in [2.75, 3.05) is 0 Å². The summed E-state index contributed by atoms with van der Waals surface area (Å²) in [6.45, 7) is 7.17. The molecule has 0 aliphatic heterocycles. The first-order valence-corrected chi connectivity index (χ1v) is 8.96. The average molecular weight is 388 g/mol. The third kappa shape index (κ3) is 4.07. The van der Waals surface area contributed by atoms with Crippen molar-refractivity contribution in [1.82, 2.24) is 0 Å². The predicted molar refractivity (Wildman–Crippen MR) is 90.8 cm³/mol. The molecule has 1 aliphatic rings. The predicted octanol–water partition coefficient (Wildman–Crippen LogP) is 6.22. The number of alkyl halides is 1. The van der Waals surface area contributed by atoms with Crippen molar-refractivity contribution >= 4 is 31.9 Å². The molecule has 1 aromatic carbocycles. The molecule has 2 rings (SSSR count). The van der Waals surface area contributed by atoms with Gasteiger partial charge in [-0.2, -0.15) is 0 Å². The van der Waals surface area contributed by atoms with Crippen molar-refractivity contribution in [3.05, 3.63) is 34.3 Å². The van der Waals surface area contributed by atoms with Crippen molar-refractivity contribution in [1.29, 1.82) is 0 Å². The summed E-state index contributed by atoms with van der Waals surface area (Å²) < 4.78 is 1.26. The van der Waals surface area contributed by atoms with Gasteiger partial charge in [-0.25, -0.2) is 0 Å². The van der Waals surface area contributed by atoms with Crippen LogP contribution in [0, 0.1) is 17.3 Å². The Labute approximate surface area is 134 Å². The molecular weight excluding hydrogens is 364 g/mol. The van der Waals surface area contributed by atoms with E-state index in [4.69, 9.17) is 0 Å². The molecule has 0 aromatic heterocycles. The normalized spacial score (nSPS) is 28.4. The molecule has 0 saturated heterocycles. The minimum absolute atomic E-state index is 0.444. The van der Waals surface area contributed by atoms with E-state index in [0.717, 1.165) is 11.8 Å². The van der Waals surface area contributed by atoms with Crippen molar-refractivity contribution < 1.29 is 0 Å². The number of hydrogen-bond donors (Lipinski definition) is 0. The van der Waals surface area contributed by atoms with Gasteiger partial charge in [0.15, 0.2) is 0 Å². The first-order chi connectivity index (χ1) is 8.88. The van der Waals surface area contributed by atoms with Crippen molar-refractivity contribution in [3.8, 4) is 0 Å². The summed E-state index contributed by atoms with van der Waals surface area (Å²) in [7, 11) is 0. The number of benzene rings is 1. The van der Waals surface area contributed by atoms with Gasteiger partial charge in [0.25, 0.3) is 0 Å². The molecule has 0 amide bonds. The molecule has 106 valence electrons. The van der Waals surface area contributed by atoms with Crippen LogP contribution in [0.2, 0.25) is 0 Å². The Kier molecular flexibility index (Phi) is 5.16. The van der Waals surface area contributed by atoms with Crippen LogP contribution < -0.4 is 0 Å². The largest absolute Gasteiger partial charge is 0.0888 e. The van der Waals surface area contributed by atoms with Gasteiger partial charge in [-0.05, 0) is 54.6 Å². The van der Waals surface area contributed by atoms with E-state index in [2.05, 4.69) is 76.9 Å². The Hall–Kier alpha value is 0.180. The van der Waals surface area contributed by atoms with E-state index in [1.54, 1.807) is 0 Å². The molecule has 2 heteroatoms. The van der Waals surface area contributed by atoms with E-state index in [1.807, 2.05) is 0 Å². The van der Waals surface area contributed by atoms with E-state index in [-0.39, 0.29) is 0 Å². The molecule has 1 fully saturated rings. The Morgan fingerprint density at radius 3 is 2.47 bits per heavy atom. The van der Waals surface area contributed by atoms with Crippen LogP contribution in [0.25, 0.3) is 0 Å². The third-order valence-electron chi connectivity index (χ3n) is 4.55. The van der Waals surface area contributed by atoms with E-state index in [9.17, 15) is 0 Å². The molecule has 3 atom stereocenters. The number of halogens is 2. The molecule has 0 nitrogen and oxygen atoms in total. The first-order valence-electron chi connectivity index (χ1n) is 7.25. The summed E-state index contributed by atoms with van der Waals surface area (Å²) in [5, 5.41) is 0. The highest BCUT2D eigenvalue weighted by Gasteiger charge is 2.34. The summed E-state index contributed by atoms with van der Waals surface area (Å²) in [6.07, 6.45) is 5.22. The monoisotopic (exact) mass is 386 g/mol. The Morgan fingerprint density at radius 1 is 1.16 bits per heavy atom. The summed E-state index contributed by atoms with van der Waals surface area (Å²) in [5.74, 6) is 1.62. The Bertz CT molecular complexity index is 420. The molecule has 0 heterocycles. The minimum Gasteiger partial charge on any atom is -0.0888 e. The lowest BCUT2D eigenvalue weighted by atomic mass is 9.68. The van der Waals surface area contributed by atoms with Gasteiger partial charge in [0.1, 0.15) is 0 Å². The maximum Gasteiger partial charge on any atom is 0.0207 e. The Balaban J connectivity index is 2.08. The van der Waals surface area contributed by atoms with Crippen LogP contribution in [-0.2, 0) is 6.42 Å². The van der Waals surface area contributed by atoms with Gasteiger partial charge in [-0.15, -0.1) is 0 Å². The van der Waals surface area contributed by atoms with E-state index in [1.165, 1.54) is 35.7 Å². The van der Waals surface area contributed by atoms with Gasteiger partial charge < -0.3 is 0 Å². The summed E-state index contributed by atoms with van der Waals surface area (Å²) in [6, 6.07) is 8.65. The molecular formula is C17H24Br2. The van der Waals surface area contributed by atoms with Crippen LogP contribution in [0.3, 0.4) is 0 Å². The standard InChI is InChI=1S/C17H24Br2/c1-17(2,3)14-8-9-16(19)13(11-14)10-12-6-4-5-7-15(12)18/h4-7,13-14,16H,8-11H2,1-3H3. The van der Waals surface area contributed by atoms with Gasteiger partial charge in [0.05, 0.1) is 0 Å². The van der Waals surface area contributed by atoms with Gasteiger partial charge in [0.2, 0.25) is 0 Å². The minimum atomic E-state index is 0.444. The van der Waals surface area contributed by atoms with E-state index < -0.39 is 0 Å². The van der Waals surface area contributed by atoms with E-state index >= 15 is 0 Å². The molecule has 0 N–H and O–H groups in total. The van der Waals surface area contributed by atoms with Crippen LogP contribution in [0.1, 0.15) is 45.6 Å². The zero-order valence-corrected chi connectivity index (χ0v) is 15.3. The van der Waals surface area contributed by atoms with Gasteiger partial charge in [0, 0.05) is 9.30 Å². The fraction of sp³-hybridized carbons (Fsp3) is 0.647. The second-order valence-corrected chi connectivity index (χ2v) is 8.98. The van der Waals surface area contributed by atoms with Crippen LogP contribution >= 0.6 is 31.9 Å². The van der Waals surface area contributed by atoms with Crippen LogP contribution in [0.5, 0.6) is 0 Å². The van der Waals surface area contributed by atoms with Crippen LogP contribution in [-0.4, -0.2) is 4.83 Å². The molecule has 1 saturated carbocycles. The lowest BCUT2D eigenvalue weighted by molar-refractivity contribution is 0.146. The molecule has 0 radical (unpaired) electrons. The highest BCUT2D eigenvalue weighted by molar-refractivity contribution is 9.10. The fourth-order valence-corrected chi connectivity index (χ4v) is 4.28. The van der Waals surface area contributed by atoms with E-state index in [0.29, 0.717) is 10.2 Å². The van der Waals surface area contributed by atoms with Gasteiger partial charge >= 0.3 is 0 Å². The molecule has 0 spiro atoms. The lowest BCUT2D eigenvalue weighted by Gasteiger charge is -2.40. The molecule has 19 heavy (non-hydrogen) atoms. The number of hydrogen-bond acceptors (Lipinski definition) is 0. The van der Waals surface area contributed by atoms with Crippen molar-refractivity contribution in [2.45, 2.75) is 51.3 Å². The van der Waals surface area contributed by atoms with Crippen LogP contribution in [0.4, 0.5) is 0 Å². The topological polar surface area (TPSA) is 0 Å². The molecule has 3 unspecified atom stereocenters. The lowest BCUT2D eigenvalue weighted by Crippen LogP contribution is -2.33. The van der Waals surface area contributed by atoms with Gasteiger partial charge in [-0.3, -0.25) is 0 Å². The van der Waals surface area contributed by atoms with Crippen molar-refractivity contribution in [3.63, 3.8) is 0 Å². The number of rotatable bonds is 2. The van der Waals surface area contributed by atoms with Crippen LogP contribution in [0.15, 0.2) is 28.7 Å². The quantitative estimate of drug-likeness (QED) is 0.528. The second-order valence-electron chi connectivity index (χ2n) is 6.95. The fourth-order valence-electron chi connectivity index (χ4n) is 3.17. The average Bonchev–Trinajstić information content (AvgIpc) is 2.33. The highest BCUT2D eigenvalue weighted by atomic mass is 79.9. The summed E-state index contributed by atoms with van der Waals surface area (Å²) in [4.78, 5) is 0.679. The first kappa shape index (κ1) is 15.6. The maximum absolute atomic E-state index is 3.92. The Morgan fingerprint density at radius 2 is 1.84 bits per heavy atom. The zero-order chi connectivity index (χ0) is 14.0. The molecule has 0 bridgehead atoms. The zero-order valence-electron chi connectivity index (χ0n) is 12.1. The van der Waals surface area contributed by atoms with Gasteiger partial charge in [-0.1, -0.05) is 70.8 Å². The molecule has 1 aromatic rings. The smallest absolute Gasteiger partial charge is 0.0207 e. The molecule has 1 aliphatic carbocycles. The maximum atomic E-state index is 3.92. The summed E-state index contributed by atoms with van der Waals surface area (Å²) in [5.41, 5.74) is 1.89. The SMILES string of the molecule is CC(C)(C)C1CCC(Br)C(Cc2ccccc2Br)C1.